The van der Waals surface area contributed by atoms with Crippen LogP contribution in [-0.4, -0.2) is 53.6 Å². The van der Waals surface area contributed by atoms with Gasteiger partial charge >= 0.3 is 0 Å². The molecule has 0 bridgehead atoms. The Labute approximate surface area is 103 Å². The highest BCUT2D eigenvalue weighted by atomic mass is 16.6. The third kappa shape index (κ3) is 3.87. The van der Waals surface area contributed by atoms with Gasteiger partial charge in [0.1, 0.15) is 6.23 Å². The quantitative estimate of drug-likeness (QED) is 0.460. The van der Waals surface area contributed by atoms with Gasteiger partial charge in [-0.25, -0.2) is 0 Å². The minimum absolute atomic E-state index is 0.104. The summed E-state index contributed by atoms with van der Waals surface area (Å²) in [6.45, 7) is 4.74. The van der Waals surface area contributed by atoms with Crippen molar-refractivity contribution in [2.45, 2.75) is 51.5 Å². The number of likely N-dealkylation sites (tertiary alicyclic amines) is 1. The normalized spacial score (nSPS) is 27.4. The van der Waals surface area contributed by atoms with E-state index in [1.54, 1.807) is 0 Å². The number of nitrogens with one attached hydrogen (secondary N) is 1. The number of hydrogen-bond acceptors (Lipinski definition) is 6. The Morgan fingerprint density at radius 3 is 2.47 bits per heavy atom. The number of rotatable bonds is 6. The minimum atomic E-state index is -1.07. The fourth-order valence-corrected chi connectivity index (χ4v) is 2.20. The Morgan fingerprint density at radius 1 is 1.41 bits per heavy atom. The summed E-state index contributed by atoms with van der Waals surface area (Å²) >= 11 is 0. The lowest BCUT2D eigenvalue weighted by atomic mass is 10.0. The second kappa shape index (κ2) is 6.63. The third-order valence-electron chi connectivity index (χ3n) is 3.28. The van der Waals surface area contributed by atoms with E-state index in [1.165, 1.54) is 7.11 Å². The van der Waals surface area contributed by atoms with Crippen LogP contribution < -0.4 is 11.1 Å². The van der Waals surface area contributed by atoms with Crippen LogP contribution in [-0.2, 0) is 4.74 Å². The summed E-state index contributed by atoms with van der Waals surface area (Å²) in [5.41, 5.74) is 5.93. The maximum atomic E-state index is 10.3. The van der Waals surface area contributed by atoms with Crippen LogP contribution in [0.5, 0.6) is 0 Å². The van der Waals surface area contributed by atoms with Crippen molar-refractivity contribution >= 4 is 0 Å². The molecule has 4 atom stereocenters. The average Bonchev–Trinajstić information content (AvgIpc) is 2.70. The van der Waals surface area contributed by atoms with Crippen LogP contribution in [0.2, 0.25) is 0 Å². The highest BCUT2D eigenvalue weighted by molar-refractivity contribution is 4.84. The molecule has 0 aliphatic carbocycles. The molecular formula is C11H25N3O3. The van der Waals surface area contributed by atoms with E-state index in [2.05, 4.69) is 5.32 Å². The van der Waals surface area contributed by atoms with Gasteiger partial charge in [-0.3, -0.25) is 10.2 Å². The van der Waals surface area contributed by atoms with E-state index in [0.717, 1.165) is 19.4 Å². The van der Waals surface area contributed by atoms with Crippen molar-refractivity contribution in [1.82, 2.24) is 10.2 Å². The molecule has 5 N–H and O–H groups in total. The second-order valence-corrected chi connectivity index (χ2v) is 4.89. The molecule has 102 valence electrons. The number of aliphatic hydroxyl groups is 2. The topological polar surface area (TPSA) is 91.0 Å². The number of hydrogen-bond donors (Lipinski definition) is 4. The van der Waals surface area contributed by atoms with E-state index in [-0.39, 0.29) is 18.1 Å². The van der Waals surface area contributed by atoms with Gasteiger partial charge in [0.15, 0.2) is 0 Å². The number of aliphatic hydroxyl groups excluding tert-OH is 2. The zero-order valence-electron chi connectivity index (χ0n) is 10.8. The van der Waals surface area contributed by atoms with Crippen LogP contribution in [0.3, 0.4) is 0 Å². The van der Waals surface area contributed by atoms with E-state index in [1.807, 2.05) is 18.7 Å². The standard InChI is InChI=1S/C11H25N3O3/c1-7(2)9(13-11(16)17-3)10(15)14-6-4-5-8(14)12/h7-11,13,15-16H,4-6,12H2,1-3H3/t8-,9-,10?,11?/m0/s1. The van der Waals surface area contributed by atoms with Crippen LogP contribution in [0.25, 0.3) is 0 Å². The van der Waals surface area contributed by atoms with Crippen LogP contribution in [0.1, 0.15) is 26.7 Å². The predicted molar refractivity (Wildman–Crippen MR) is 64.7 cm³/mol. The van der Waals surface area contributed by atoms with Crippen molar-refractivity contribution < 1.29 is 14.9 Å². The molecule has 0 aromatic rings. The Bertz CT molecular complexity index is 228. The number of nitrogens with two attached hydrogens (primary N) is 1. The molecule has 0 radical (unpaired) electrons. The van der Waals surface area contributed by atoms with Gasteiger partial charge in [-0.2, -0.15) is 0 Å². The predicted octanol–water partition coefficient (Wildman–Crippen LogP) is -0.778. The number of methoxy groups -OCH3 is 1. The molecule has 6 nitrogen and oxygen atoms in total. The van der Waals surface area contributed by atoms with Crippen LogP contribution in [0, 0.1) is 5.92 Å². The van der Waals surface area contributed by atoms with Crippen molar-refractivity contribution in [1.29, 1.82) is 0 Å². The molecule has 0 amide bonds. The lowest BCUT2D eigenvalue weighted by Gasteiger charge is -2.36. The van der Waals surface area contributed by atoms with Gasteiger partial charge in [-0.05, 0) is 18.8 Å². The summed E-state index contributed by atoms with van der Waals surface area (Å²) in [6.07, 6.45) is 0.00539. The highest BCUT2D eigenvalue weighted by Crippen LogP contribution is 2.20. The van der Waals surface area contributed by atoms with Gasteiger partial charge in [-0.15, -0.1) is 0 Å². The zero-order chi connectivity index (χ0) is 13.0. The lowest BCUT2D eigenvalue weighted by molar-refractivity contribution is -0.131. The Morgan fingerprint density at radius 2 is 2.06 bits per heavy atom. The minimum Gasteiger partial charge on any atom is -0.377 e. The molecule has 2 unspecified atom stereocenters. The van der Waals surface area contributed by atoms with Crippen molar-refractivity contribution in [3.05, 3.63) is 0 Å². The molecule has 0 spiro atoms. The molecule has 0 aromatic heterocycles. The van der Waals surface area contributed by atoms with Crippen LogP contribution in [0.4, 0.5) is 0 Å². The highest BCUT2D eigenvalue weighted by Gasteiger charge is 2.34. The molecule has 0 saturated carbocycles. The Hall–Kier alpha value is -0.240. The monoisotopic (exact) mass is 247 g/mol. The molecule has 1 rings (SSSR count). The first-order chi connectivity index (χ1) is 7.97. The van der Waals surface area contributed by atoms with Gasteiger partial charge in [-0.1, -0.05) is 13.8 Å². The fraction of sp³-hybridized carbons (Fsp3) is 1.00. The second-order valence-electron chi connectivity index (χ2n) is 4.89. The molecule has 6 heteroatoms. The maximum absolute atomic E-state index is 10.3. The van der Waals surface area contributed by atoms with Crippen LogP contribution >= 0.6 is 0 Å². The first-order valence-corrected chi connectivity index (χ1v) is 6.13. The van der Waals surface area contributed by atoms with Crippen molar-refractivity contribution in [2.24, 2.45) is 11.7 Å². The van der Waals surface area contributed by atoms with E-state index in [9.17, 15) is 10.2 Å². The van der Waals surface area contributed by atoms with Gasteiger partial charge in [0.05, 0.1) is 12.2 Å². The van der Waals surface area contributed by atoms with Crippen LogP contribution in [0.15, 0.2) is 0 Å². The number of ether oxygens (including phenoxy) is 1. The molecule has 1 saturated heterocycles. The maximum Gasteiger partial charge on any atom is 0.213 e. The first kappa shape index (κ1) is 14.8. The molecule has 0 aromatic carbocycles. The SMILES string of the molecule is COC(O)N[C@@H](C(C)C)C(O)N1CCC[C@H]1N. The van der Waals surface area contributed by atoms with Crippen molar-refractivity contribution in [2.75, 3.05) is 13.7 Å². The molecular weight excluding hydrogens is 222 g/mol. The molecule has 1 aliphatic heterocycles. The average molecular weight is 247 g/mol. The molecule has 1 aliphatic rings. The van der Waals surface area contributed by atoms with E-state index in [0.29, 0.717) is 0 Å². The fourth-order valence-electron chi connectivity index (χ4n) is 2.20. The van der Waals surface area contributed by atoms with Crippen molar-refractivity contribution in [3.8, 4) is 0 Å². The summed E-state index contributed by atoms with van der Waals surface area (Å²) in [7, 11) is 1.41. The van der Waals surface area contributed by atoms with E-state index in [4.69, 9.17) is 10.5 Å². The van der Waals surface area contributed by atoms with Gasteiger partial charge in [0, 0.05) is 13.7 Å². The smallest absolute Gasteiger partial charge is 0.213 e. The summed E-state index contributed by atoms with van der Waals surface area (Å²) < 4.78 is 4.75. The lowest BCUT2D eigenvalue weighted by Crippen LogP contribution is -2.58. The summed E-state index contributed by atoms with van der Waals surface area (Å²) in [5.74, 6) is 0.155. The van der Waals surface area contributed by atoms with Gasteiger partial charge in [0.25, 0.3) is 0 Å². The first-order valence-electron chi connectivity index (χ1n) is 6.13. The van der Waals surface area contributed by atoms with Gasteiger partial charge < -0.3 is 20.7 Å². The number of nitrogens with zero attached hydrogens (tertiary/aromatic N) is 1. The van der Waals surface area contributed by atoms with E-state index < -0.39 is 12.6 Å². The Balaban J connectivity index is 2.62. The molecule has 1 heterocycles. The molecule has 17 heavy (non-hydrogen) atoms. The van der Waals surface area contributed by atoms with Gasteiger partial charge in [0.2, 0.25) is 6.41 Å². The van der Waals surface area contributed by atoms with E-state index >= 15 is 0 Å². The summed E-state index contributed by atoms with van der Waals surface area (Å²) in [6, 6.07) is -0.283. The molecule has 1 fully saturated rings. The zero-order valence-corrected chi connectivity index (χ0v) is 10.8. The third-order valence-corrected chi connectivity index (χ3v) is 3.28. The summed E-state index contributed by atoms with van der Waals surface area (Å²) in [5, 5.41) is 22.6. The van der Waals surface area contributed by atoms with Crippen molar-refractivity contribution in [3.63, 3.8) is 0 Å². The summed E-state index contributed by atoms with van der Waals surface area (Å²) in [4.78, 5) is 1.86. The largest absolute Gasteiger partial charge is 0.377 e. The Kier molecular flexibility index (Phi) is 5.78.